The Kier molecular flexibility index (Phi) is 5.03. The lowest BCUT2D eigenvalue weighted by atomic mass is 9.99. The molecule has 7 heteroatoms. The maximum Gasteiger partial charge on any atom is 0.237 e. The first-order chi connectivity index (χ1) is 11.4. The summed E-state index contributed by atoms with van der Waals surface area (Å²) in [4.78, 5) is 2.36. The summed E-state index contributed by atoms with van der Waals surface area (Å²) in [6, 6.07) is 1.93. The molecule has 0 atom stereocenters. The average molecular weight is 354 g/mol. The first kappa shape index (κ1) is 17.5. The molecule has 0 aliphatic carbocycles. The molecule has 0 bridgehead atoms. The standard InChI is InChI=1S/C17H26N2O4S/c1-4-23-13-5-7-19(8-6-13)10-14-15-11-24(20,21)18-17(15)12(2)9-16(14)22-3/h9,13,18H,4-8,10-11H2,1-3H3. The highest BCUT2D eigenvalue weighted by atomic mass is 32.2. The second-order valence-electron chi connectivity index (χ2n) is 6.52. The van der Waals surface area contributed by atoms with Crippen molar-refractivity contribution in [3.63, 3.8) is 0 Å². The van der Waals surface area contributed by atoms with Gasteiger partial charge in [0.1, 0.15) is 5.75 Å². The molecule has 1 saturated heterocycles. The topological polar surface area (TPSA) is 67.9 Å². The zero-order chi connectivity index (χ0) is 17.3. The van der Waals surface area contributed by atoms with Crippen molar-refractivity contribution in [2.75, 3.05) is 31.5 Å². The van der Waals surface area contributed by atoms with Crippen LogP contribution in [0.5, 0.6) is 5.75 Å². The molecule has 0 unspecified atom stereocenters. The fourth-order valence-corrected chi connectivity index (χ4v) is 4.99. The number of methoxy groups -OCH3 is 1. The van der Waals surface area contributed by atoms with Gasteiger partial charge in [0.15, 0.2) is 0 Å². The van der Waals surface area contributed by atoms with Gasteiger partial charge in [-0.15, -0.1) is 0 Å². The van der Waals surface area contributed by atoms with E-state index in [0.29, 0.717) is 12.6 Å². The van der Waals surface area contributed by atoms with Gasteiger partial charge < -0.3 is 9.47 Å². The molecule has 6 nitrogen and oxygen atoms in total. The number of nitrogens with one attached hydrogen (secondary N) is 1. The minimum atomic E-state index is -3.28. The van der Waals surface area contributed by atoms with Gasteiger partial charge >= 0.3 is 0 Å². The summed E-state index contributed by atoms with van der Waals surface area (Å²) in [7, 11) is -1.63. The molecule has 0 amide bonds. The van der Waals surface area contributed by atoms with E-state index < -0.39 is 10.0 Å². The number of hydrogen-bond donors (Lipinski definition) is 1. The zero-order valence-corrected chi connectivity index (χ0v) is 15.4. The van der Waals surface area contributed by atoms with Gasteiger partial charge in [-0.05, 0) is 38.3 Å². The van der Waals surface area contributed by atoms with Crippen LogP contribution in [0.2, 0.25) is 0 Å². The van der Waals surface area contributed by atoms with E-state index in [9.17, 15) is 8.42 Å². The van der Waals surface area contributed by atoms with Crippen LogP contribution in [0, 0.1) is 6.92 Å². The van der Waals surface area contributed by atoms with Crippen molar-refractivity contribution in [3.8, 4) is 5.75 Å². The lowest BCUT2D eigenvalue weighted by molar-refractivity contribution is 0.0123. The number of anilines is 1. The van der Waals surface area contributed by atoms with Gasteiger partial charge in [0.25, 0.3) is 0 Å². The summed E-state index contributed by atoms with van der Waals surface area (Å²) in [5, 5.41) is 0. The highest BCUT2D eigenvalue weighted by Gasteiger charge is 2.31. The summed E-state index contributed by atoms with van der Waals surface area (Å²) in [5.74, 6) is 0.808. The molecule has 1 N–H and O–H groups in total. The summed E-state index contributed by atoms with van der Waals surface area (Å²) in [6.07, 6.45) is 2.38. The molecule has 24 heavy (non-hydrogen) atoms. The number of hydrogen-bond acceptors (Lipinski definition) is 5. The van der Waals surface area contributed by atoms with Crippen molar-refractivity contribution in [2.45, 2.75) is 45.1 Å². The third kappa shape index (κ3) is 3.53. The maximum absolute atomic E-state index is 12.0. The van der Waals surface area contributed by atoms with Gasteiger partial charge in [-0.3, -0.25) is 9.62 Å². The number of piperidine rings is 1. The molecule has 2 aliphatic heterocycles. The summed E-state index contributed by atoms with van der Waals surface area (Å²) >= 11 is 0. The quantitative estimate of drug-likeness (QED) is 0.878. The van der Waals surface area contributed by atoms with Crippen molar-refractivity contribution in [1.82, 2.24) is 4.90 Å². The first-order valence-corrected chi connectivity index (χ1v) is 10.1. The maximum atomic E-state index is 12.0. The number of ether oxygens (including phenoxy) is 2. The normalized spacial score (nSPS) is 20.6. The predicted octanol–water partition coefficient (Wildman–Crippen LogP) is 2.26. The van der Waals surface area contributed by atoms with Gasteiger partial charge in [-0.25, -0.2) is 8.42 Å². The van der Waals surface area contributed by atoms with E-state index in [2.05, 4.69) is 9.62 Å². The summed E-state index contributed by atoms with van der Waals surface area (Å²) in [6.45, 7) is 7.31. The predicted molar refractivity (Wildman–Crippen MR) is 93.9 cm³/mol. The van der Waals surface area contributed by atoms with Gasteiger partial charge in [0.2, 0.25) is 10.0 Å². The van der Waals surface area contributed by atoms with E-state index >= 15 is 0 Å². The molecule has 134 valence electrons. The van der Waals surface area contributed by atoms with Crippen LogP contribution in [0.15, 0.2) is 6.07 Å². The Morgan fingerprint density at radius 1 is 1.33 bits per heavy atom. The van der Waals surface area contributed by atoms with Crippen molar-refractivity contribution in [2.24, 2.45) is 0 Å². The molecule has 0 spiro atoms. The van der Waals surface area contributed by atoms with Gasteiger partial charge in [0, 0.05) is 37.4 Å². The smallest absolute Gasteiger partial charge is 0.237 e. The fraction of sp³-hybridized carbons (Fsp3) is 0.647. The fourth-order valence-electron chi connectivity index (χ4n) is 3.63. The molecule has 0 saturated carbocycles. The highest BCUT2D eigenvalue weighted by Crippen LogP contribution is 2.39. The van der Waals surface area contributed by atoms with E-state index in [-0.39, 0.29) is 5.75 Å². The molecule has 1 aromatic rings. The van der Waals surface area contributed by atoms with Crippen LogP contribution < -0.4 is 9.46 Å². The van der Waals surface area contributed by atoms with E-state index in [1.54, 1.807) is 7.11 Å². The third-order valence-corrected chi connectivity index (χ3v) is 6.02. The largest absolute Gasteiger partial charge is 0.496 e. The van der Waals surface area contributed by atoms with Crippen molar-refractivity contribution < 1.29 is 17.9 Å². The molecular weight excluding hydrogens is 328 g/mol. The van der Waals surface area contributed by atoms with Crippen LogP contribution in [-0.4, -0.2) is 46.2 Å². The SMILES string of the molecule is CCOC1CCN(Cc2c(OC)cc(C)c3c2CS(=O)(=O)N3)CC1. The monoisotopic (exact) mass is 354 g/mol. The van der Waals surface area contributed by atoms with Crippen molar-refractivity contribution >= 4 is 15.7 Å². The lowest BCUT2D eigenvalue weighted by Gasteiger charge is -2.32. The van der Waals surface area contributed by atoms with Crippen molar-refractivity contribution in [3.05, 3.63) is 22.8 Å². The molecule has 1 fully saturated rings. The number of rotatable bonds is 5. The molecule has 1 aromatic carbocycles. The number of likely N-dealkylation sites (tertiary alicyclic amines) is 1. The Bertz CT molecular complexity index is 710. The Balaban J connectivity index is 1.83. The molecular formula is C17H26N2O4S. The highest BCUT2D eigenvalue weighted by molar-refractivity contribution is 7.92. The van der Waals surface area contributed by atoms with Gasteiger partial charge in [-0.2, -0.15) is 0 Å². The molecule has 0 radical (unpaired) electrons. The Morgan fingerprint density at radius 3 is 2.67 bits per heavy atom. The van der Waals surface area contributed by atoms with Gasteiger partial charge in [-0.1, -0.05) is 0 Å². The molecule has 3 rings (SSSR count). The summed E-state index contributed by atoms with van der Waals surface area (Å²) < 4.78 is 38.0. The third-order valence-electron chi connectivity index (χ3n) is 4.84. The average Bonchev–Trinajstić information content (AvgIpc) is 2.88. The zero-order valence-electron chi connectivity index (χ0n) is 14.6. The van der Waals surface area contributed by atoms with Gasteiger partial charge in [0.05, 0.1) is 24.7 Å². The number of nitrogens with zero attached hydrogens (tertiary/aromatic N) is 1. The van der Waals surface area contributed by atoms with E-state index in [1.807, 2.05) is 19.9 Å². The van der Waals surface area contributed by atoms with Crippen molar-refractivity contribution in [1.29, 1.82) is 0 Å². The van der Waals surface area contributed by atoms with Crippen LogP contribution in [0.3, 0.4) is 0 Å². The Morgan fingerprint density at radius 2 is 2.04 bits per heavy atom. The number of benzene rings is 1. The molecule has 2 aliphatic rings. The van der Waals surface area contributed by atoms with Crippen LogP contribution >= 0.6 is 0 Å². The van der Waals surface area contributed by atoms with Crippen LogP contribution in [0.25, 0.3) is 0 Å². The van der Waals surface area contributed by atoms with E-state index in [0.717, 1.165) is 60.7 Å². The van der Waals surface area contributed by atoms with Crippen LogP contribution in [0.4, 0.5) is 5.69 Å². The lowest BCUT2D eigenvalue weighted by Crippen LogP contribution is -2.36. The van der Waals surface area contributed by atoms with E-state index in [1.165, 1.54) is 0 Å². The molecule has 0 aromatic heterocycles. The van der Waals surface area contributed by atoms with Crippen LogP contribution in [-0.2, 0) is 27.1 Å². The minimum absolute atomic E-state index is 0.0329. The summed E-state index contributed by atoms with van der Waals surface area (Å²) in [5.41, 5.74) is 3.48. The van der Waals surface area contributed by atoms with E-state index in [4.69, 9.17) is 9.47 Å². The second kappa shape index (κ2) is 6.90. The number of aryl methyl sites for hydroxylation is 1. The molecule has 2 heterocycles. The Labute approximate surface area is 144 Å². The van der Waals surface area contributed by atoms with Crippen LogP contribution in [0.1, 0.15) is 36.5 Å². The number of fused-ring (bicyclic) bond motifs is 1. The minimum Gasteiger partial charge on any atom is -0.496 e. The first-order valence-electron chi connectivity index (χ1n) is 8.47. The Hall–Kier alpha value is -1.31. The number of sulfonamides is 1. The second-order valence-corrected chi connectivity index (χ2v) is 8.24.